The first kappa shape index (κ1) is 14.6. The second kappa shape index (κ2) is 6.07. The lowest BCUT2D eigenvalue weighted by atomic mass is 10.1. The number of hydrogen-bond donors (Lipinski definition) is 3. The van der Waals surface area contributed by atoms with Crippen molar-refractivity contribution >= 4 is 22.9 Å². The molecule has 0 aliphatic carbocycles. The molecule has 0 saturated heterocycles. The summed E-state index contributed by atoms with van der Waals surface area (Å²) in [5, 5.41) is 2.93. The summed E-state index contributed by atoms with van der Waals surface area (Å²) in [5.41, 5.74) is 6.09. The second-order valence-corrected chi connectivity index (χ2v) is 6.17. The van der Waals surface area contributed by atoms with Gasteiger partial charge in [0, 0.05) is 9.75 Å². The van der Waals surface area contributed by atoms with E-state index < -0.39 is 0 Å². The Hall–Kier alpha value is -1.85. The van der Waals surface area contributed by atoms with Crippen LogP contribution in [0.15, 0.2) is 24.3 Å². The van der Waals surface area contributed by atoms with Crippen molar-refractivity contribution < 1.29 is 4.79 Å². The van der Waals surface area contributed by atoms with Gasteiger partial charge in [-0.05, 0) is 50.1 Å². The molecule has 0 aliphatic heterocycles. The zero-order valence-electron chi connectivity index (χ0n) is 11.9. The molecule has 1 aromatic heterocycles. The van der Waals surface area contributed by atoms with Crippen molar-refractivity contribution in [3.8, 4) is 0 Å². The predicted octanol–water partition coefficient (Wildman–Crippen LogP) is 2.89. The number of rotatable bonds is 4. The van der Waals surface area contributed by atoms with Crippen molar-refractivity contribution in [3.05, 3.63) is 50.7 Å². The molecule has 106 valence electrons. The maximum Gasteiger partial charge on any atom is 0.253 e. The van der Waals surface area contributed by atoms with E-state index in [0.29, 0.717) is 17.8 Å². The van der Waals surface area contributed by atoms with Crippen LogP contribution in [0.4, 0.5) is 5.69 Å². The predicted molar refractivity (Wildman–Crippen MR) is 84.0 cm³/mol. The molecule has 5 heteroatoms. The number of hydrazine groups is 1. The molecule has 0 unspecified atom stereocenters. The van der Waals surface area contributed by atoms with Gasteiger partial charge in [-0.1, -0.05) is 6.07 Å². The van der Waals surface area contributed by atoms with Gasteiger partial charge in [0.2, 0.25) is 0 Å². The first-order chi connectivity index (χ1) is 9.51. The van der Waals surface area contributed by atoms with Crippen LogP contribution in [0, 0.1) is 20.8 Å². The van der Waals surface area contributed by atoms with Gasteiger partial charge in [-0.25, -0.2) is 0 Å². The molecular formula is C15H19N3OS. The number of carbonyl (C=O) groups is 1. The van der Waals surface area contributed by atoms with Gasteiger partial charge in [0.25, 0.3) is 5.91 Å². The minimum absolute atomic E-state index is 0.123. The summed E-state index contributed by atoms with van der Waals surface area (Å²) in [4.78, 5) is 14.6. The second-order valence-electron chi connectivity index (χ2n) is 4.83. The van der Waals surface area contributed by atoms with E-state index in [1.165, 1.54) is 10.4 Å². The quantitative estimate of drug-likeness (QED) is 0.599. The number of aryl methyl sites for hydroxylation is 3. The normalized spacial score (nSPS) is 10.4. The number of anilines is 1. The molecular weight excluding hydrogens is 270 g/mol. The average Bonchev–Trinajstić information content (AvgIpc) is 2.75. The smallest absolute Gasteiger partial charge is 0.253 e. The van der Waals surface area contributed by atoms with Gasteiger partial charge in [0.15, 0.2) is 0 Å². The van der Waals surface area contributed by atoms with E-state index in [9.17, 15) is 4.79 Å². The molecule has 2 aromatic rings. The summed E-state index contributed by atoms with van der Waals surface area (Å²) in [6.45, 7) is 6.66. The molecule has 1 aromatic carbocycles. The highest BCUT2D eigenvalue weighted by molar-refractivity contribution is 7.12. The van der Waals surface area contributed by atoms with Crippen LogP contribution >= 0.6 is 11.3 Å². The largest absolute Gasteiger partial charge is 0.347 e. The summed E-state index contributed by atoms with van der Waals surface area (Å²) >= 11 is 1.71. The Kier molecular flexibility index (Phi) is 4.42. The van der Waals surface area contributed by atoms with Crippen LogP contribution in [0.2, 0.25) is 0 Å². The molecule has 0 radical (unpaired) electrons. The molecule has 4 N–H and O–H groups in total. The number of hydrogen-bond acceptors (Lipinski definition) is 4. The third-order valence-electron chi connectivity index (χ3n) is 3.22. The molecule has 0 fully saturated rings. The molecule has 0 bridgehead atoms. The van der Waals surface area contributed by atoms with E-state index >= 15 is 0 Å². The Morgan fingerprint density at radius 1 is 1.25 bits per heavy atom. The Labute approximate surface area is 123 Å². The van der Waals surface area contributed by atoms with Crippen molar-refractivity contribution in [1.29, 1.82) is 0 Å². The summed E-state index contributed by atoms with van der Waals surface area (Å²) in [5.74, 6) is 5.34. The highest BCUT2D eigenvalue weighted by Gasteiger charge is 2.11. The van der Waals surface area contributed by atoms with Crippen molar-refractivity contribution in [2.24, 2.45) is 5.84 Å². The van der Waals surface area contributed by atoms with Gasteiger partial charge in [-0.3, -0.25) is 10.6 Å². The van der Waals surface area contributed by atoms with E-state index in [4.69, 9.17) is 5.84 Å². The van der Waals surface area contributed by atoms with Gasteiger partial charge in [-0.15, -0.1) is 11.3 Å². The number of thiophene rings is 1. The molecule has 1 heterocycles. The molecule has 0 spiro atoms. The van der Waals surface area contributed by atoms with Gasteiger partial charge < -0.3 is 10.7 Å². The average molecular weight is 289 g/mol. The first-order valence-corrected chi connectivity index (χ1v) is 7.24. The lowest BCUT2D eigenvalue weighted by Crippen LogP contribution is -2.24. The fraction of sp³-hybridized carbons (Fsp3) is 0.267. The number of benzene rings is 1. The van der Waals surface area contributed by atoms with Crippen LogP contribution in [-0.4, -0.2) is 5.91 Å². The maximum absolute atomic E-state index is 12.2. The molecule has 1 amide bonds. The molecule has 2 rings (SSSR count). The highest BCUT2D eigenvalue weighted by Crippen LogP contribution is 2.21. The number of amides is 1. The summed E-state index contributed by atoms with van der Waals surface area (Å²) < 4.78 is 0. The summed E-state index contributed by atoms with van der Waals surface area (Å²) in [6, 6.07) is 7.64. The van der Waals surface area contributed by atoms with Crippen molar-refractivity contribution in [2.45, 2.75) is 27.3 Å². The van der Waals surface area contributed by atoms with Crippen molar-refractivity contribution in [2.75, 3.05) is 5.43 Å². The fourth-order valence-electron chi connectivity index (χ4n) is 1.97. The number of nitrogen functional groups attached to an aromatic ring is 1. The van der Waals surface area contributed by atoms with E-state index in [2.05, 4.69) is 30.7 Å². The van der Waals surface area contributed by atoms with Crippen molar-refractivity contribution in [1.82, 2.24) is 5.32 Å². The van der Waals surface area contributed by atoms with Crippen molar-refractivity contribution in [3.63, 3.8) is 0 Å². The SMILES string of the molecule is Cc1ccc(C(=O)NCc2cc(C)c(C)s2)c(NN)c1. The Morgan fingerprint density at radius 3 is 2.60 bits per heavy atom. The summed E-state index contributed by atoms with van der Waals surface area (Å²) in [6.07, 6.45) is 0. The van der Waals surface area contributed by atoms with Crippen LogP contribution in [0.5, 0.6) is 0 Å². The van der Waals surface area contributed by atoms with Crippen LogP contribution in [0.25, 0.3) is 0 Å². The molecule has 0 atom stereocenters. The zero-order chi connectivity index (χ0) is 14.7. The van der Waals surface area contributed by atoms with Crippen LogP contribution in [0.1, 0.15) is 31.2 Å². The lowest BCUT2D eigenvalue weighted by molar-refractivity contribution is 0.0952. The van der Waals surface area contributed by atoms with Crippen LogP contribution in [0.3, 0.4) is 0 Å². The van der Waals surface area contributed by atoms with E-state index in [1.807, 2.05) is 19.1 Å². The van der Waals surface area contributed by atoms with E-state index in [-0.39, 0.29) is 5.91 Å². The fourth-order valence-corrected chi connectivity index (χ4v) is 2.97. The Bertz CT molecular complexity index is 615. The van der Waals surface area contributed by atoms with Gasteiger partial charge in [0.1, 0.15) is 0 Å². The minimum Gasteiger partial charge on any atom is -0.347 e. The topological polar surface area (TPSA) is 67.2 Å². The molecule has 4 nitrogen and oxygen atoms in total. The molecule has 0 aliphatic rings. The first-order valence-electron chi connectivity index (χ1n) is 6.42. The third-order valence-corrected chi connectivity index (χ3v) is 4.37. The standard InChI is InChI=1S/C15H19N3OS/c1-9-4-5-13(14(6-9)18-16)15(19)17-8-12-7-10(2)11(3)20-12/h4-7,18H,8,16H2,1-3H3,(H,17,19). The lowest BCUT2D eigenvalue weighted by Gasteiger charge is -2.10. The maximum atomic E-state index is 12.2. The molecule has 0 saturated carbocycles. The Morgan fingerprint density at radius 2 is 2.00 bits per heavy atom. The highest BCUT2D eigenvalue weighted by atomic mass is 32.1. The monoisotopic (exact) mass is 289 g/mol. The van der Waals surface area contributed by atoms with E-state index in [0.717, 1.165) is 10.4 Å². The van der Waals surface area contributed by atoms with Gasteiger partial charge in [-0.2, -0.15) is 0 Å². The number of nitrogens with one attached hydrogen (secondary N) is 2. The number of nitrogens with two attached hydrogens (primary N) is 1. The minimum atomic E-state index is -0.123. The van der Waals surface area contributed by atoms with Crippen LogP contribution in [-0.2, 0) is 6.54 Å². The Balaban J connectivity index is 2.08. The van der Waals surface area contributed by atoms with Crippen LogP contribution < -0.4 is 16.6 Å². The zero-order valence-corrected chi connectivity index (χ0v) is 12.7. The third kappa shape index (κ3) is 3.18. The van der Waals surface area contributed by atoms with Gasteiger partial charge in [0.05, 0.1) is 17.8 Å². The summed E-state index contributed by atoms with van der Waals surface area (Å²) in [7, 11) is 0. The number of carbonyl (C=O) groups excluding carboxylic acids is 1. The van der Waals surface area contributed by atoms with E-state index in [1.54, 1.807) is 17.4 Å². The van der Waals surface area contributed by atoms with Gasteiger partial charge >= 0.3 is 0 Å². The molecule has 20 heavy (non-hydrogen) atoms.